The number of ether oxygens (including phenoxy) is 1. The lowest BCUT2D eigenvalue weighted by atomic mass is 10.2. The maximum absolute atomic E-state index is 10.6. The van der Waals surface area contributed by atoms with Crippen molar-refractivity contribution < 1.29 is 8.95 Å². The van der Waals surface area contributed by atoms with Crippen molar-refractivity contribution in [3.05, 3.63) is 29.8 Å². The largest absolute Gasteiger partial charge is 0.497 e. The number of nitrogens with one attached hydrogen (secondary N) is 1. The first-order chi connectivity index (χ1) is 5.72. The maximum Gasteiger partial charge on any atom is 0.118 e. The fraction of sp³-hybridized carbons (Fsp3) is 0.250. The average Bonchev–Trinajstić information content (AvgIpc) is 2.05. The van der Waals surface area contributed by atoms with Crippen molar-refractivity contribution in [3.63, 3.8) is 0 Å². The summed E-state index contributed by atoms with van der Waals surface area (Å²) in [5.74, 6) is 1.10. The highest BCUT2D eigenvalue weighted by Crippen LogP contribution is 2.11. The molecule has 0 amide bonds. The van der Waals surface area contributed by atoms with Crippen molar-refractivity contribution in [2.45, 2.75) is 5.75 Å². The minimum Gasteiger partial charge on any atom is -0.497 e. The van der Waals surface area contributed by atoms with Gasteiger partial charge in [-0.2, -0.15) is 0 Å². The molecule has 0 aliphatic heterocycles. The van der Waals surface area contributed by atoms with Crippen molar-refractivity contribution in [2.24, 2.45) is 0 Å². The molecule has 1 atom stereocenters. The molecule has 66 valence electrons. The third kappa shape index (κ3) is 2.54. The first kappa shape index (κ1) is 9.06. The van der Waals surface area contributed by atoms with Gasteiger partial charge in [-0.25, -0.2) is 0 Å². The number of hydrogen-bond donors (Lipinski definition) is 2. The van der Waals surface area contributed by atoms with Crippen molar-refractivity contribution in [2.75, 3.05) is 7.11 Å². The van der Waals surface area contributed by atoms with Gasteiger partial charge in [-0.1, -0.05) is 12.1 Å². The molecule has 12 heavy (non-hydrogen) atoms. The van der Waals surface area contributed by atoms with E-state index in [4.69, 9.17) is 9.52 Å². The summed E-state index contributed by atoms with van der Waals surface area (Å²) in [6.45, 7) is 0. The lowest BCUT2D eigenvalue weighted by Crippen LogP contribution is -1.86. The monoisotopic (exact) mass is 185 g/mol. The molecule has 1 aromatic rings. The van der Waals surface area contributed by atoms with E-state index in [1.807, 2.05) is 12.1 Å². The van der Waals surface area contributed by atoms with Crippen LogP contribution < -0.4 is 4.74 Å². The third-order valence-electron chi connectivity index (χ3n) is 1.49. The Bertz CT molecular complexity index is 308. The second kappa shape index (κ2) is 4.11. The molecule has 1 aromatic carbocycles. The van der Waals surface area contributed by atoms with Crippen molar-refractivity contribution >= 4 is 10.6 Å². The summed E-state index contributed by atoms with van der Waals surface area (Å²) in [5.41, 5.74) is 0.909. The Morgan fingerprint density at radius 3 is 2.42 bits per heavy atom. The van der Waals surface area contributed by atoms with Gasteiger partial charge in [0.15, 0.2) is 0 Å². The van der Waals surface area contributed by atoms with E-state index in [0.717, 1.165) is 11.3 Å². The van der Waals surface area contributed by atoms with Crippen LogP contribution in [0.2, 0.25) is 0 Å². The minimum absolute atomic E-state index is 0.319. The first-order valence-electron chi connectivity index (χ1n) is 3.51. The number of rotatable bonds is 3. The van der Waals surface area contributed by atoms with Gasteiger partial charge in [0.2, 0.25) is 0 Å². The molecule has 0 aliphatic carbocycles. The topological polar surface area (TPSA) is 50.1 Å². The maximum atomic E-state index is 10.6. The van der Waals surface area contributed by atoms with E-state index in [0.29, 0.717) is 5.75 Å². The SMILES string of the molecule is COc1ccc(C[SH](=N)=O)cc1. The molecule has 0 spiro atoms. The summed E-state index contributed by atoms with van der Waals surface area (Å²) < 4.78 is 22.4. The van der Waals surface area contributed by atoms with Gasteiger partial charge in [-0.15, -0.1) is 0 Å². The van der Waals surface area contributed by atoms with E-state index in [-0.39, 0.29) is 0 Å². The Labute approximate surface area is 73.4 Å². The highest BCUT2D eigenvalue weighted by molar-refractivity contribution is 7.72. The van der Waals surface area contributed by atoms with Crippen LogP contribution in [0.4, 0.5) is 0 Å². The summed E-state index contributed by atoms with van der Waals surface area (Å²) in [5, 5.41) is 0. The standard InChI is InChI=1S/C8H11NO2S/c1-11-8-4-2-7(3-5-8)6-12(9)10/h2-5,9,12H,6H2,1H3. The van der Waals surface area contributed by atoms with Crippen LogP contribution in [0.3, 0.4) is 0 Å². The van der Waals surface area contributed by atoms with E-state index < -0.39 is 10.6 Å². The lowest BCUT2D eigenvalue weighted by molar-refractivity contribution is 0.414. The molecular formula is C8H11NO2S. The molecule has 1 N–H and O–H groups in total. The summed E-state index contributed by atoms with van der Waals surface area (Å²) in [7, 11) is -0.234. The fourth-order valence-corrected chi connectivity index (χ4v) is 1.44. The molecular weight excluding hydrogens is 174 g/mol. The predicted molar refractivity (Wildman–Crippen MR) is 49.0 cm³/mol. The Balaban J connectivity index is 2.77. The van der Waals surface area contributed by atoms with Crippen molar-refractivity contribution in [1.82, 2.24) is 0 Å². The molecule has 0 aromatic heterocycles. The van der Waals surface area contributed by atoms with Gasteiger partial charge >= 0.3 is 0 Å². The number of methoxy groups -OCH3 is 1. The van der Waals surface area contributed by atoms with Gasteiger partial charge in [-0.3, -0.25) is 8.99 Å². The molecule has 0 fully saturated rings. The molecule has 0 radical (unpaired) electrons. The first-order valence-corrected chi connectivity index (χ1v) is 4.95. The Morgan fingerprint density at radius 2 is 2.00 bits per heavy atom. The molecule has 0 aliphatic rings. The summed E-state index contributed by atoms with van der Waals surface area (Å²) >= 11 is 0. The molecule has 3 nitrogen and oxygen atoms in total. The summed E-state index contributed by atoms with van der Waals surface area (Å²) in [6.07, 6.45) is 0. The van der Waals surface area contributed by atoms with Gasteiger partial charge in [0.1, 0.15) is 5.75 Å². The zero-order chi connectivity index (χ0) is 8.97. The smallest absolute Gasteiger partial charge is 0.118 e. The number of hydrogen-bond acceptors (Lipinski definition) is 3. The quantitative estimate of drug-likeness (QED) is 0.700. The van der Waals surface area contributed by atoms with Crippen LogP contribution in [0.15, 0.2) is 24.3 Å². The Kier molecular flexibility index (Phi) is 3.10. The molecule has 0 heterocycles. The van der Waals surface area contributed by atoms with Crippen LogP contribution >= 0.6 is 0 Å². The van der Waals surface area contributed by atoms with Gasteiger partial charge in [0, 0.05) is 10.6 Å². The predicted octanol–water partition coefficient (Wildman–Crippen LogP) is 1.44. The minimum atomic E-state index is -1.83. The molecule has 0 saturated heterocycles. The third-order valence-corrected chi connectivity index (χ3v) is 2.14. The molecule has 0 saturated carbocycles. The van der Waals surface area contributed by atoms with Gasteiger partial charge < -0.3 is 4.74 Å². The average molecular weight is 185 g/mol. The highest BCUT2D eigenvalue weighted by Gasteiger charge is 1.93. The van der Waals surface area contributed by atoms with Crippen molar-refractivity contribution in [1.29, 1.82) is 4.78 Å². The van der Waals surface area contributed by atoms with Crippen LogP contribution in [0, 0.1) is 4.78 Å². The molecule has 1 unspecified atom stereocenters. The van der Waals surface area contributed by atoms with Crippen LogP contribution in [0.1, 0.15) is 5.56 Å². The lowest BCUT2D eigenvalue weighted by Gasteiger charge is -1.99. The van der Waals surface area contributed by atoms with E-state index in [2.05, 4.69) is 0 Å². The summed E-state index contributed by atoms with van der Waals surface area (Å²) in [4.78, 5) is 0. The Hall–Kier alpha value is -1.03. The van der Waals surface area contributed by atoms with Crippen LogP contribution in [0.5, 0.6) is 5.75 Å². The molecule has 1 rings (SSSR count). The van der Waals surface area contributed by atoms with E-state index in [1.54, 1.807) is 19.2 Å². The van der Waals surface area contributed by atoms with E-state index >= 15 is 0 Å². The van der Waals surface area contributed by atoms with Gasteiger partial charge in [0.05, 0.1) is 12.9 Å². The Morgan fingerprint density at radius 1 is 1.42 bits per heavy atom. The number of thiol groups is 1. The normalized spacial score (nSPS) is 12.4. The van der Waals surface area contributed by atoms with Gasteiger partial charge in [0.25, 0.3) is 0 Å². The van der Waals surface area contributed by atoms with Crippen LogP contribution in [-0.4, -0.2) is 11.3 Å². The van der Waals surface area contributed by atoms with E-state index in [1.165, 1.54) is 0 Å². The zero-order valence-corrected chi connectivity index (χ0v) is 7.67. The summed E-state index contributed by atoms with van der Waals surface area (Å²) in [6, 6.07) is 7.24. The fourth-order valence-electron chi connectivity index (χ4n) is 0.897. The second-order valence-electron chi connectivity index (χ2n) is 2.38. The zero-order valence-electron chi connectivity index (χ0n) is 6.78. The van der Waals surface area contributed by atoms with E-state index in [9.17, 15) is 4.21 Å². The molecule has 0 bridgehead atoms. The number of benzene rings is 1. The van der Waals surface area contributed by atoms with Gasteiger partial charge in [-0.05, 0) is 17.7 Å². The highest BCUT2D eigenvalue weighted by atomic mass is 32.2. The van der Waals surface area contributed by atoms with Crippen molar-refractivity contribution in [3.8, 4) is 5.75 Å². The molecule has 4 heteroatoms. The second-order valence-corrected chi connectivity index (χ2v) is 3.46. The van der Waals surface area contributed by atoms with Crippen LogP contribution in [0.25, 0.3) is 0 Å². The van der Waals surface area contributed by atoms with Crippen LogP contribution in [-0.2, 0) is 16.3 Å².